The van der Waals surface area contributed by atoms with Gasteiger partial charge in [0, 0.05) is 14.1 Å². The molecule has 0 aromatic heterocycles. The number of primary amides is 1. The molecule has 82 valence electrons. The number of amides is 2. The van der Waals surface area contributed by atoms with E-state index in [1.165, 1.54) is 16.9 Å². The number of rotatable bonds is 4. The van der Waals surface area contributed by atoms with Crippen molar-refractivity contribution in [3.63, 3.8) is 0 Å². The second-order valence-corrected chi connectivity index (χ2v) is 3.40. The number of hydrazine groups is 1. The largest absolute Gasteiger partial charge is 0.481 e. The van der Waals surface area contributed by atoms with Crippen LogP contribution in [0.25, 0.3) is 0 Å². The lowest BCUT2D eigenvalue weighted by Gasteiger charge is -2.34. The molecule has 2 atom stereocenters. The molecule has 0 bridgehead atoms. The van der Waals surface area contributed by atoms with Crippen molar-refractivity contribution in [2.45, 2.75) is 19.9 Å². The summed E-state index contributed by atoms with van der Waals surface area (Å²) in [5.74, 6) is -1.62. The molecule has 0 aliphatic rings. The fourth-order valence-electron chi connectivity index (χ4n) is 1.18. The molecule has 0 radical (unpaired) electrons. The molecule has 0 aromatic rings. The van der Waals surface area contributed by atoms with Crippen LogP contribution >= 0.6 is 0 Å². The van der Waals surface area contributed by atoms with Crippen LogP contribution < -0.4 is 5.73 Å². The average Bonchev–Trinajstić information content (AvgIpc) is 2.01. The zero-order valence-electron chi connectivity index (χ0n) is 8.89. The molecule has 0 aliphatic carbocycles. The van der Waals surface area contributed by atoms with Gasteiger partial charge in [0.15, 0.2) is 0 Å². The molecule has 14 heavy (non-hydrogen) atoms. The summed E-state index contributed by atoms with van der Waals surface area (Å²) >= 11 is 0. The van der Waals surface area contributed by atoms with Gasteiger partial charge < -0.3 is 10.8 Å². The monoisotopic (exact) mass is 203 g/mol. The van der Waals surface area contributed by atoms with Gasteiger partial charge in [-0.3, -0.25) is 9.80 Å². The zero-order valence-corrected chi connectivity index (χ0v) is 8.89. The van der Waals surface area contributed by atoms with Crippen LogP contribution in [0.15, 0.2) is 0 Å². The highest BCUT2D eigenvalue weighted by molar-refractivity contribution is 5.74. The molecule has 2 unspecified atom stereocenters. The number of hydrogen-bond donors (Lipinski definition) is 2. The Hall–Kier alpha value is -1.30. The minimum atomic E-state index is -0.953. The second-order valence-electron chi connectivity index (χ2n) is 3.40. The van der Waals surface area contributed by atoms with Gasteiger partial charge >= 0.3 is 12.0 Å². The highest BCUT2D eigenvalue weighted by Crippen LogP contribution is 2.11. The van der Waals surface area contributed by atoms with Crippen LogP contribution in [0.4, 0.5) is 4.79 Å². The van der Waals surface area contributed by atoms with Gasteiger partial charge in [-0.05, 0) is 13.8 Å². The van der Waals surface area contributed by atoms with E-state index in [0.29, 0.717) is 0 Å². The number of carbonyl (C=O) groups is 2. The first-order valence-corrected chi connectivity index (χ1v) is 4.27. The fraction of sp³-hybridized carbons (Fsp3) is 0.750. The number of nitrogens with zero attached hydrogens (tertiary/aromatic N) is 2. The van der Waals surface area contributed by atoms with E-state index < -0.39 is 24.0 Å². The van der Waals surface area contributed by atoms with Crippen LogP contribution in [-0.4, -0.2) is 47.3 Å². The van der Waals surface area contributed by atoms with Gasteiger partial charge in [-0.15, -0.1) is 0 Å². The van der Waals surface area contributed by atoms with E-state index in [1.807, 2.05) is 0 Å². The van der Waals surface area contributed by atoms with Gasteiger partial charge in [0.2, 0.25) is 0 Å². The Kier molecular flexibility index (Phi) is 4.36. The molecule has 6 heteroatoms. The SMILES string of the molecule is CC(C(=O)O)C(C)N(C(N)=O)N(C)C. The van der Waals surface area contributed by atoms with Crippen LogP contribution in [0, 0.1) is 5.92 Å². The lowest BCUT2D eigenvalue weighted by atomic mass is 10.0. The Bertz CT molecular complexity index is 230. The molecule has 0 aromatic carbocycles. The first-order chi connectivity index (χ1) is 6.29. The van der Waals surface area contributed by atoms with Crippen molar-refractivity contribution < 1.29 is 14.7 Å². The highest BCUT2D eigenvalue weighted by Gasteiger charge is 2.28. The minimum Gasteiger partial charge on any atom is -0.481 e. The van der Waals surface area contributed by atoms with Crippen molar-refractivity contribution in [2.24, 2.45) is 11.7 Å². The predicted octanol–water partition coefficient (Wildman–Crippen LogP) is -0.0471. The van der Waals surface area contributed by atoms with Gasteiger partial charge in [0.25, 0.3) is 0 Å². The Labute approximate surface area is 83.2 Å². The van der Waals surface area contributed by atoms with Crippen LogP contribution in [0.5, 0.6) is 0 Å². The molecule has 0 fully saturated rings. The summed E-state index contributed by atoms with van der Waals surface area (Å²) in [6.45, 7) is 3.18. The third-order valence-corrected chi connectivity index (χ3v) is 2.16. The smallest absolute Gasteiger partial charge is 0.329 e. The number of nitrogens with two attached hydrogens (primary N) is 1. The average molecular weight is 203 g/mol. The van der Waals surface area contributed by atoms with Crippen molar-refractivity contribution in [1.29, 1.82) is 0 Å². The second kappa shape index (κ2) is 4.80. The van der Waals surface area contributed by atoms with E-state index in [2.05, 4.69) is 0 Å². The zero-order chi connectivity index (χ0) is 11.5. The molecular formula is C8H17N3O3. The maximum Gasteiger partial charge on any atom is 0.329 e. The number of carbonyl (C=O) groups excluding carboxylic acids is 1. The molecule has 0 aliphatic heterocycles. The lowest BCUT2D eigenvalue weighted by Crippen LogP contribution is -2.53. The summed E-state index contributed by atoms with van der Waals surface area (Å²) in [6, 6.07) is -1.13. The van der Waals surface area contributed by atoms with E-state index in [0.717, 1.165) is 0 Å². The third kappa shape index (κ3) is 2.88. The lowest BCUT2D eigenvalue weighted by molar-refractivity contribution is -0.144. The molecule has 0 saturated heterocycles. The van der Waals surface area contributed by atoms with Gasteiger partial charge in [0.05, 0.1) is 12.0 Å². The maximum absolute atomic E-state index is 11.0. The number of hydrogen-bond acceptors (Lipinski definition) is 3. The summed E-state index contributed by atoms with van der Waals surface area (Å²) in [7, 11) is 3.27. The van der Waals surface area contributed by atoms with Crippen molar-refractivity contribution in [2.75, 3.05) is 14.1 Å². The number of carboxylic acid groups (broad SMARTS) is 1. The molecule has 0 rings (SSSR count). The topological polar surface area (TPSA) is 86.9 Å². The molecule has 3 N–H and O–H groups in total. The highest BCUT2D eigenvalue weighted by atomic mass is 16.4. The summed E-state index contributed by atoms with van der Waals surface area (Å²) in [6.07, 6.45) is 0. The summed E-state index contributed by atoms with van der Waals surface area (Å²) in [5, 5.41) is 11.5. The Morgan fingerprint density at radius 1 is 1.29 bits per heavy atom. The Morgan fingerprint density at radius 2 is 1.71 bits per heavy atom. The van der Waals surface area contributed by atoms with Crippen LogP contribution in [0.3, 0.4) is 0 Å². The van der Waals surface area contributed by atoms with E-state index in [4.69, 9.17) is 10.8 Å². The van der Waals surface area contributed by atoms with Crippen molar-refractivity contribution in [1.82, 2.24) is 10.0 Å². The van der Waals surface area contributed by atoms with Gasteiger partial charge in [-0.1, -0.05) is 0 Å². The first kappa shape index (κ1) is 12.7. The Morgan fingerprint density at radius 3 is 1.93 bits per heavy atom. The molecule has 2 amide bonds. The molecular weight excluding hydrogens is 186 g/mol. The molecule has 6 nitrogen and oxygen atoms in total. The number of carboxylic acids is 1. The van der Waals surface area contributed by atoms with Crippen molar-refractivity contribution in [3.8, 4) is 0 Å². The Balaban J connectivity index is 4.68. The van der Waals surface area contributed by atoms with E-state index in [9.17, 15) is 9.59 Å². The standard InChI is InChI=1S/C8H17N3O3/c1-5(7(12)13)6(2)11(8(9)14)10(3)4/h5-6H,1-4H3,(H2,9,14)(H,12,13). The van der Waals surface area contributed by atoms with Gasteiger partial charge in [-0.2, -0.15) is 0 Å². The number of urea groups is 1. The quantitative estimate of drug-likeness (QED) is 0.627. The van der Waals surface area contributed by atoms with E-state index in [1.54, 1.807) is 21.0 Å². The van der Waals surface area contributed by atoms with Gasteiger partial charge in [0.1, 0.15) is 0 Å². The minimum absolute atomic E-state index is 0.472. The van der Waals surface area contributed by atoms with Gasteiger partial charge in [-0.25, -0.2) is 9.80 Å². The summed E-state index contributed by atoms with van der Waals surface area (Å²) < 4.78 is 0. The number of aliphatic carboxylic acids is 1. The molecule has 0 spiro atoms. The summed E-state index contributed by atoms with van der Waals surface area (Å²) in [5.41, 5.74) is 5.13. The first-order valence-electron chi connectivity index (χ1n) is 4.27. The molecule has 0 heterocycles. The predicted molar refractivity (Wildman–Crippen MR) is 51.4 cm³/mol. The maximum atomic E-state index is 11.0. The third-order valence-electron chi connectivity index (χ3n) is 2.16. The fourth-order valence-corrected chi connectivity index (χ4v) is 1.18. The van der Waals surface area contributed by atoms with E-state index >= 15 is 0 Å². The van der Waals surface area contributed by atoms with E-state index in [-0.39, 0.29) is 0 Å². The molecule has 0 saturated carbocycles. The van der Waals surface area contributed by atoms with Crippen LogP contribution in [-0.2, 0) is 4.79 Å². The van der Waals surface area contributed by atoms with Crippen LogP contribution in [0.2, 0.25) is 0 Å². The normalized spacial score (nSPS) is 14.9. The van der Waals surface area contributed by atoms with Crippen LogP contribution in [0.1, 0.15) is 13.8 Å². The summed E-state index contributed by atoms with van der Waals surface area (Å²) in [4.78, 5) is 21.7. The van der Waals surface area contributed by atoms with Crippen molar-refractivity contribution >= 4 is 12.0 Å². The van der Waals surface area contributed by atoms with Crippen molar-refractivity contribution in [3.05, 3.63) is 0 Å².